The number of hydrogen-bond donors (Lipinski definition) is 1. The van der Waals surface area contributed by atoms with Gasteiger partial charge in [0.15, 0.2) is 11.6 Å². The summed E-state index contributed by atoms with van der Waals surface area (Å²) in [6.07, 6.45) is 8.16. The second-order valence-electron chi connectivity index (χ2n) is 8.56. The number of nitrogens with zero attached hydrogens (tertiary/aromatic N) is 4. The van der Waals surface area contributed by atoms with E-state index in [-0.39, 0.29) is 17.4 Å². The van der Waals surface area contributed by atoms with Gasteiger partial charge in [-0.1, -0.05) is 0 Å². The summed E-state index contributed by atoms with van der Waals surface area (Å²) in [5.41, 5.74) is 2.26. The van der Waals surface area contributed by atoms with Gasteiger partial charge in [0.05, 0.1) is 6.04 Å². The number of aromatic nitrogens is 4. The lowest BCUT2D eigenvalue weighted by molar-refractivity contribution is 0.271. The van der Waals surface area contributed by atoms with Gasteiger partial charge >= 0.3 is 0 Å². The number of rotatable bonds is 2. The molecule has 7 heteroatoms. The van der Waals surface area contributed by atoms with Crippen molar-refractivity contribution < 1.29 is 8.78 Å². The van der Waals surface area contributed by atoms with E-state index in [4.69, 9.17) is 0 Å². The van der Waals surface area contributed by atoms with Crippen LogP contribution in [0.1, 0.15) is 31.7 Å². The molecule has 1 unspecified atom stereocenters. The first kappa shape index (κ1) is 17.1. The van der Waals surface area contributed by atoms with Crippen molar-refractivity contribution in [3.63, 3.8) is 0 Å². The molecule has 1 aliphatic carbocycles. The predicted octanol–water partition coefficient (Wildman–Crippen LogP) is 4.33. The molecule has 1 aliphatic heterocycles. The predicted molar refractivity (Wildman–Crippen MR) is 108 cm³/mol. The molecule has 1 atom stereocenters. The third kappa shape index (κ3) is 2.75. The van der Waals surface area contributed by atoms with Crippen LogP contribution in [0, 0.1) is 11.6 Å². The normalized spacial score (nSPS) is 20.7. The summed E-state index contributed by atoms with van der Waals surface area (Å²) >= 11 is 0. The molecule has 1 spiro atoms. The van der Waals surface area contributed by atoms with Gasteiger partial charge < -0.3 is 5.32 Å². The summed E-state index contributed by atoms with van der Waals surface area (Å²) in [6, 6.07) is 6.90. The largest absolute Gasteiger partial charge is 0.311 e. The van der Waals surface area contributed by atoms with Crippen molar-refractivity contribution in [2.24, 2.45) is 7.05 Å². The van der Waals surface area contributed by atoms with Gasteiger partial charge in [0, 0.05) is 35.8 Å². The van der Waals surface area contributed by atoms with E-state index in [0.29, 0.717) is 27.5 Å². The van der Waals surface area contributed by atoms with E-state index in [9.17, 15) is 8.78 Å². The lowest BCUT2D eigenvalue weighted by Crippen LogP contribution is -2.40. The molecule has 6 rings (SSSR count). The molecule has 4 aromatic rings. The van der Waals surface area contributed by atoms with E-state index >= 15 is 0 Å². The van der Waals surface area contributed by atoms with Crippen molar-refractivity contribution in [1.29, 1.82) is 0 Å². The molecule has 1 saturated heterocycles. The Hall–Kier alpha value is -2.80. The van der Waals surface area contributed by atoms with Gasteiger partial charge in [0.1, 0.15) is 11.0 Å². The highest BCUT2D eigenvalue weighted by Crippen LogP contribution is 2.45. The highest BCUT2D eigenvalue weighted by atomic mass is 19.1. The molecule has 1 saturated carbocycles. The summed E-state index contributed by atoms with van der Waals surface area (Å²) in [5.74, 6) is -0.781. The van der Waals surface area contributed by atoms with Crippen molar-refractivity contribution in [3.8, 4) is 11.1 Å². The molecule has 2 aliphatic rings. The van der Waals surface area contributed by atoms with Crippen molar-refractivity contribution in [2.45, 2.75) is 37.3 Å². The van der Waals surface area contributed by atoms with Crippen LogP contribution >= 0.6 is 0 Å². The van der Waals surface area contributed by atoms with Crippen LogP contribution in [0.15, 0.2) is 36.7 Å². The monoisotopic (exact) mass is 393 g/mol. The third-order valence-electron chi connectivity index (χ3n) is 6.42. The number of benzene rings is 2. The minimum absolute atomic E-state index is 0.279. The maximum Gasteiger partial charge on any atom is 0.151 e. The molecule has 29 heavy (non-hydrogen) atoms. The number of fused-ring (bicyclic) bond motifs is 2. The average molecular weight is 393 g/mol. The molecule has 0 radical (unpaired) electrons. The number of hydrogen-bond acceptors (Lipinski definition) is 3. The first-order chi connectivity index (χ1) is 14.0. The minimum atomic E-state index is -0.404. The Morgan fingerprint density at radius 3 is 2.31 bits per heavy atom. The van der Waals surface area contributed by atoms with Gasteiger partial charge in [0.25, 0.3) is 0 Å². The van der Waals surface area contributed by atoms with Crippen LogP contribution in [-0.4, -0.2) is 31.6 Å². The van der Waals surface area contributed by atoms with Crippen LogP contribution in [0.4, 0.5) is 8.78 Å². The standard InChI is InChI=1S/C22H21F2N5/c1-28-11-15-6-13(8-18(23)20(15)26-28)14-7-16-12-29(27-21(16)19(24)9-14)17-2-5-25-22(10-17)3-4-22/h6-9,11-12,17,25H,2-5,10H2,1H3. The number of nitrogens with one attached hydrogen (secondary N) is 1. The van der Waals surface area contributed by atoms with Crippen LogP contribution in [0.25, 0.3) is 32.9 Å². The van der Waals surface area contributed by atoms with Crippen LogP contribution in [0.3, 0.4) is 0 Å². The number of halogens is 2. The number of piperidine rings is 1. The zero-order valence-corrected chi connectivity index (χ0v) is 16.1. The first-order valence-electron chi connectivity index (χ1n) is 10.1. The van der Waals surface area contributed by atoms with E-state index < -0.39 is 5.82 Å². The lowest BCUT2D eigenvalue weighted by Gasteiger charge is -2.30. The van der Waals surface area contributed by atoms with Crippen LogP contribution in [0.2, 0.25) is 0 Å². The molecular formula is C22H21F2N5. The molecule has 1 N–H and O–H groups in total. The summed E-state index contributed by atoms with van der Waals surface area (Å²) in [7, 11) is 1.76. The summed E-state index contributed by atoms with van der Waals surface area (Å²) < 4.78 is 32.9. The number of aryl methyl sites for hydroxylation is 1. The average Bonchev–Trinajstić information content (AvgIpc) is 3.13. The molecular weight excluding hydrogens is 372 g/mol. The van der Waals surface area contributed by atoms with Crippen LogP contribution < -0.4 is 5.32 Å². The fourth-order valence-corrected chi connectivity index (χ4v) is 4.73. The van der Waals surface area contributed by atoms with Gasteiger partial charge in [-0.05, 0) is 67.6 Å². The molecule has 3 heterocycles. The third-order valence-corrected chi connectivity index (χ3v) is 6.42. The smallest absolute Gasteiger partial charge is 0.151 e. The molecule has 148 valence electrons. The van der Waals surface area contributed by atoms with Crippen LogP contribution in [0.5, 0.6) is 0 Å². The van der Waals surface area contributed by atoms with Crippen LogP contribution in [-0.2, 0) is 7.05 Å². The first-order valence-corrected chi connectivity index (χ1v) is 10.1. The van der Waals surface area contributed by atoms with E-state index in [1.54, 1.807) is 17.9 Å². The van der Waals surface area contributed by atoms with Crippen molar-refractivity contribution in [3.05, 3.63) is 48.3 Å². The second-order valence-corrected chi connectivity index (χ2v) is 8.56. The maximum atomic E-state index is 14.9. The SMILES string of the molecule is Cn1cc2cc(-c3cc(F)c4nn(C5CCNC6(CC6)C5)cc4c3)cc(F)c2n1. The highest BCUT2D eigenvalue weighted by Gasteiger charge is 2.46. The molecule has 2 aromatic carbocycles. The Labute approximate surface area is 166 Å². The van der Waals surface area contributed by atoms with Crippen molar-refractivity contribution in [2.75, 3.05) is 6.54 Å². The van der Waals surface area contributed by atoms with E-state index in [0.717, 1.165) is 24.8 Å². The Bertz CT molecular complexity index is 1270. The summed E-state index contributed by atoms with van der Waals surface area (Å²) in [5, 5.41) is 13.7. The lowest BCUT2D eigenvalue weighted by atomic mass is 9.98. The van der Waals surface area contributed by atoms with E-state index in [2.05, 4.69) is 15.5 Å². The Morgan fingerprint density at radius 1 is 0.966 bits per heavy atom. The van der Waals surface area contributed by atoms with Gasteiger partial charge in [-0.2, -0.15) is 10.2 Å². The Kier molecular flexibility index (Phi) is 3.45. The second kappa shape index (κ2) is 5.86. The molecule has 0 bridgehead atoms. The van der Waals surface area contributed by atoms with E-state index in [1.807, 2.05) is 23.0 Å². The Balaban J connectivity index is 1.42. The Morgan fingerprint density at radius 2 is 1.62 bits per heavy atom. The molecule has 5 nitrogen and oxygen atoms in total. The zero-order chi connectivity index (χ0) is 19.8. The van der Waals surface area contributed by atoms with Crippen molar-refractivity contribution >= 4 is 21.8 Å². The van der Waals surface area contributed by atoms with Gasteiger partial charge in [-0.15, -0.1) is 0 Å². The zero-order valence-electron chi connectivity index (χ0n) is 16.1. The van der Waals surface area contributed by atoms with Gasteiger partial charge in [-0.25, -0.2) is 8.78 Å². The van der Waals surface area contributed by atoms with Gasteiger partial charge in [0.2, 0.25) is 0 Å². The summed E-state index contributed by atoms with van der Waals surface area (Å²) in [4.78, 5) is 0. The molecule has 2 fully saturated rings. The highest BCUT2D eigenvalue weighted by molar-refractivity contribution is 5.89. The maximum absolute atomic E-state index is 14.9. The fraction of sp³-hybridized carbons (Fsp3) is 0.364. The fourth-order valence-electron chi connectivity index (χ4n) is 4.73. The minimum Gasteiger partial charge on any atom is -0.311 e. The van der Waals surface area contributed by atoms with Gasteiger partial charge in [-0.3, -0.25) is 9.36 Å². The summed E-state index contributed by atoms with van der Waals surface area (Å²) in [6.45, 7) is 0.971. The van der Waals surface area contributed by atoms with E-state index in [1.165, 1.54) is 25.0 Å². The molecule has 2 aromatic heterocycles. The topological polar surface area (TPSA) is 47.7 Å². The van der Waals surface area contributed by atoms with Crippen molar-refractivity contribution in [1.82, 2.24) is 24.9 Å². The molecule has 0 amide bonds. The quantitative estimate of drug-likeness (QED) is 0.552.